The van der Waals surface area contributed by atoms with Gasteiger partial charge in [-0.3, -0.25) is 0 Å². The number of hydrogen-bond acceptors (Lipinski definition) is 2. The fourth-order valence-electron chi connectivity index (χ4n) is 1.97. The van der Waals surface area contributed by atoms with Gasteiger partial charge in [0.1, 0.15) is 0 Å². The number of nitrogens with zero attached hydrogens (tertiary/aromatic N) is 1. The van der Waals surface area contributed by atoms with Crippen molar-refractivity contribution in [1.29, 1.82) is 0 Å². The van der Waals surface area contributed by atoms with E-state index in [1.807, 2.05) is 6.92 Å². The number of nitrogens with one attached hydrogen (secondary N) is 1. The van der Waals surface area contributed by atoms with Crippen LogP contribution in [0.2, 0.25) is 0 Å². The molecule has 5 heteroatoms. The highest BCUT2D eigenvalue weighted by atomic mass is 32.2. The smallest absolute Gasteiger partial charge is 0.202 e. The Hall–Kier alpha value is -0.130. The molecule has 0 atom stereocenters. The van der Waals surface area contributed by atoms with Crippen LogP contribution in [-0.2, 0) is 10.2 Å². The number of rotatable bonds is 5. The van der Waals surface area contributed by atoms with Gasteiger partial charge in [0, 0.05) is 19.6 Å². The van der Waals surface area contributed by atoms with E-state index in [2.05, 4.69) is 4.72 Å². The Morgan fingerprint density at radius 2 is 1.87 bits per heavy atom. The van der Waals surface area contributed by atoms with Gasteiger partial charge in [-0.2, -0.15) is 12.7 Å². The second kappa shape index (κ2) is 5.82. The highest BCUT2D eigenvalue weighted by molar-refractivity contribution is 7.87. The molecule has 0 amide bonds. The molecule has 1 fully saturated rings. The van der Waals surface area contributed by atoms with Crippen LogP contribution in [0.15, 0.2) is 0 Å². The average Bonchev–Trinajstić information content (AvgIpc) is 2.26. The Morgan fingerprint density at radius 1 is 1.27 bits per heavy atom. The third kappa shape index (κ3) is 3.74. The normalized spacial score (nSPS) is 19.7. The summed E-state index contributed by atoms with van der Waals surface area (Å²) in [7, 11) is -1.55. The van der Waals surface area contributed by atoms with Crippen molar-refractivity contribution in [2.24, 2.45) is 0 Å². The van der Waals surface area contributed by atoms with Crippen molar-refractivity contribution in [3.8, 4) is 0 Å². The quantitative estimate of drug-likeness (QED) is 0.783. The van der Waals surface area contributed by atoms with E-state index in [0.717, 1.165) is 32.1 Å². The van der Waals surface area contributed by atoms with Crippen molar-refractivity contribution >= 4 is 10.2 Å². The van der Waals surface area contributed by atoms with E-state index in [1.165, 1.54) is 10.7 Å². The van der Waals surface area contributed by atoms with Crippen LogP contribution in [0, 0.1) is 0 Å². The second-order valence-electron chi connectivity index (χ2n) is 4.21. The fourth-order valence-corrected chi connectivity index (χ4v) is 3.24. The fraction of sp³-hybridized carbons (Fsp3) is 1.00. The van der Waals surface area contributed by atoms with E-state index in [0.29, 0.717) is 6.54 Å². The molecule has 1 N–H and O–H groups in total. The van der Waals surface area contributed by atoms with Gasteiger partial charge in [0.05, 0.1) is 0 Å². The predicted octanol–water partition coefficient (Wildman–Crippen LogP) is 1.50. The molecular formula is C10H22N2O2S. The zero-order valence-corrected chi connectivity index (χ0v) is 10.5. The molecule has 90 valence electrons. The Kier molecular flexibility index (Phi) is 5.02. The Bertz CT molecular complexity index is 271. The van der Waals surface area contributed by atoms with E-state index in [9.17, 15) is 8.42 Å². The van der Waals surface area contributed by atoms with E-state index in [4.69, 9.17) is 0 Å². The van der Waals surface area contributed by atoms with Crippen LogP contribution in [0.3, 0.4) is 0 Å². The summed E-state index contributed by atoms with van der Waals surface area (Å²) in [6, 6.07) is 0.202. The van der Waals surface area contributed by atoms with Crippen molar-refractivity contribution in [2.45, 2.75) is 51.5 Å². The van der Waals surface area contributed by atoms with Crippen molar-refractivity contribution in [1.82, 2.24) is 9.03 Å². The summed E-state index contributed by atoms with van der Waals surface area (Å²) >= 11 is 0. The molecular weight excluding hydrogens is 212 g/mol. The lowest BCUT2D eigenvalue weighted by atomic mass is 9.96. The van der Waals surface area contributed by atoms with Crippen molar-refractivity contribution in [2.75, 3.05) is 13.6 Å². The van der Waals surface area contributed by atoms with Gasteiger partial charge in [-0.25, -0.2) is 4.72 Å². The van der Waals surface area contributed by atoms with Crippen molar-refractivity contribution in [3.05, 3.63) is 0 Å². The van der Waals surface area contributed by atoms with Gasteiger partial charge in [-0.05, 0) is 19.3 Å². The van der Waals surface area contributed by atoms with Crippen LogP contribution in [0.25, 0.3) is 0 Å². The summed E-state index contributed by atoms with van der Waals surface area (Å²) < 4.78 is 27.7. The molecule has 0 aromatic heterocycles. The molecule has 1 aliphatic carbocycles. The maximum absolute atomic E-state index is 11.8. The first-order valence-electron chi connectivity index (χ1n) is 5.80. The lowest BCUT2D eigenvalue weighted by molar-refractivity contribution is 0.283. The van der Waals surface area contributed by atoms with Crippen LogP contribution >= 0.6 is 0 Å². The molecule has 4 nitrogen and oxygen atoms in total. The topological polar surface area (TPSA) is 49.4 Å². The molecule has 0 heterocycles. The minimum absolute atomic E-state index is 0.202. The van der Waals surface area contributed by atoms with Gasteiger partial charge in [0.25, 0.3) is 10.2 Å². The maximum atomic E-state index is 11.8. The van der Waals surface area contributed by atoms with Gasteiger partial charge < -0.3 is 0 Å². The minimum Gasteiger partial charge on any atom is -0.202 e. The summed E-state index contributed by atoms with van der Waals surface area (Å²) in [4.78, 5) is 0. The summed E-state index contributed by atoms with van der Waals surface area (Å²) in [6.45, 7) is 2.49. The first kappa shape index (κ1) is 12.9. The summed E-state index contributed by atoms with van der Waals surface area (Å²) in [5.41, 5.74) is 0. The SMILES string of the molecule is CCCNS(=O)(=O)N(C)C1CCCCC1. The second-order valence-corrected chi connectivity index (χ2v) is 6.02. The van der Waals surface area contributed by atoms with Crippen LogP contribution in [0.1, 0.15) is 45.4 Å². The van der Waals surface area contributed by atoms with Gasteiger partial charge in [0.15, 0.2) is 0 Å². The molecule has 0 aliphatic heterocycles. The summed E-state index contributed by atoms with van der Waals surface area (Å²) in [5.74, 6) is 0. The molecule has 0 saturated heterocycles. The highest BCUT2D eigenvalue weighted by Crippen LogP contribution is 2.22. The highest BCUT2D eigenvalue weighted by Gasteiger charge is 2.26. The van der Waals surface area contributed by atoms with E-state index >= 15 is 0 Å². The predicted molar refractivity (Wildman–Crippen MR) is 61.8 cm³/mol. The summed E-state index contributed by atoms with van der Waals surface area (Å²) in [6.07, 6.45) is 6.38. The van der Waals surface area contributed by atoms with Gasteiger partial charge in [0.2, 0.25) is 0 Å². The Labute approximate surface area is 93.2 Å². The summed E-state index contributed by atoms with van der Waals surface area (Å²) in [5, 5.41) is 0. The first-order chi connectivity index (χ1) is 7.08. The van der Waals surface area contributed by atoms with Crippen LogP contribution in [0.5, 0.6) is 0 Å². The van der Waals surface area contributed by atoms with Crippen LogP contribution < -0.4 is 4.72 Å². The molecule has 0 aromatic rings. The largest absolute Gasteiger partial charge is 0.279 e. The maximum Gasteiger partial charge on any atom is 0.279 e. The van der Waals surface area contributed by atoms with E-state index in [-0.39, 0.29) is 6.04 Å². The molecule has 1 rings (SSSR count). The van der Waals surface area contributed by atoms with Gasteiger partial charge in [-0.1, -0.05) is 26.2 Å². The lowest BCUT2D eigenvalue weighted by Crippen LogP contribution is -2.45. The van der Waals surface area contributed by atoms with Crippen LogP contribution in [-0.4, -0.2) is 32.4 Å². The first-order valence-corrected chi connectivity index (χ1v) is 7.24. The van der Waals surface area contributed by atoms with E-state index in [1.54, 1.807) is 7.05 Å². The molecule has 0 unspecified atom stereocenters. The third-order valence-corrected chi connectivity index (χ3v) is 4.63. The van der Waals surface area contributed by atoms with Crippen LogP contribution in [0.4, 0.5) is 0 Å². The molecule has 0 radical (unpaired) electrons. The number of hydrogen-bond donors (Lipinski definition) is 1. The average molecular weight is 234 g/mol. The molecule has 1 saturated carbocycles. The molecule has 0 aromatic carbocycles. The van der Waals surface area contributed by atoms with Gasteiger partial charge >= 0.3 is 0 Å². The minimum atomic E-state index is -3.24. The molecule has 0 spiro atoms. The van der Waals surface area contributed by atoms with E-state index < -0.39 is 10.2 Å². The standard InChI is InChI=1S/C10H22N2O2S/c1-3-9-11-15(13,14)12(2)10-7-5-4-6-8-10/h10-11H,3-9H2,1-2H3. The van der Waals surface area contributed by atoms with Crippen molar-refractivity contribution < 1.29 is 8.42 Å². The molecule has 1 aliphatic rings. The lowest BCUT2D eigenvalue weighted by Gasteiger charge is -2.30. The Morgan fingerprint density at radius 3 is 2.40 bits per heavy atom. The molecule has 15 heavy (non-hydrogen) atoms. The monoisotopic (exact) mass is 234 g/mol. The Balaban J connectivity index is 2.53. The third-order valence-electron chi connectivity index (χ3n) is 3.00. The van der Waals surface area contributed by atoms with Crippen molar-refractivity contribution in [3.63, 3.8) is 0 Å². The zero-order valence-electron chi connectivity index (χ0n) is 9.70. The zero-order chi connectivity index (χ0) is 11.3. The van der Waals surface area contributed by atoms with Gasteiger partial charge in [-0.15, -0.1) is 0 Å². The molecule has 0 bridgehead atoms.